The van der Waals surface area contributed by atoms with Crippen molar-refractivity contribution in [2.75, 3.05) is 0 Å². The van der Waals surface area contributed by atoms with E-state index in [2.05, 4.69) is 91.6 Å². The minimum Gasteiger partial charge on any atom is -0.420 e. The van der Waals surface area contributed by atoms with Gasteiger partial charge in [-0.05, 0) is 39.8 Å². The van der Waals surface area contributed by atoms with Crippen LogP contribution in [0.15, 0.2) is 83.3 Å². The van der Waals surface area contributed by atoms with Crippen LogP contribution >= 0.6 is 0 Å². The molecule has 140 valence electrons. The maximum Gasteiger partial charge on any atom is 0.247 e. The summed E-state index contributed by atoms with van der Waals surface area (Å²) < 4.78 is 5.89. The Bertz CT molecular complexity index is 1040. The van der Waals surface area contributed by atoms with Gasteiger partial charge in [0.05, 0.1) is 6.42 Å². The minimum atomic E-state index is 0.129. The van der Waals surface area contributed by atoms with E-state index in [1.807, 2.05) is 18.2 Å². The third-order valence-corrected chi connectivity index (χ3v) is 4.88. The van der Waals surface area contributed by atoms with Gasteiger partial charge >= 0.3 is 0 Å². The number of hydrogen-bond donors (Lipinski definition) is 0. The first-order valence-electron chi connectivity index (χ1n) is 9.57. The zero-order valence-corrected chi connectivity index (χ0v) is 16.5. The van der Waals surface area contributed by atoms with Gasteiger partial charge in [-0.2, -0.15) is 0 Å². The molecule has 0 aliphatic carbocycles. The van der Waals surface area contributed by atoms with E-state index in [0.29, 0.717) is 18.2 Å². The van der Waals surface area contributed by atoms with Crippen LogP contribution < -0.4 is 0 Å². The van der Waals surface area contributed by atoms with Crippen LogP contribution in [-0.4, -0.2) is 10.2 Å². The van der Waals surface area contributed by atoms with E-state index in [4.69, 9.17) is 4.42 Å². The van der Waals surface area contributed by atoms with Crippen molar-refractivity contribution in [3.05, 3.63) is 95.9 Å². The first kappa shape index (κ1) is 18.2. The van der Waals surface area contributed by atoms with Crippen molar-refractivity contribution < 1.29 is 4.42 Å². The lowest BCUT2D eigenvalue weighted by Crippen LogP contribution is -2.10. The smallest absolute Gasteiger partial charge is 0.247 e. The molecule has 0 amide bonds. The Labute approximate surface area is 166 Å². The molecule has 0 unspecified atom stereocenters. The highest BCUT2D eigenvalue weighted by Crippen LogP contribution is 2.26. The molecule has 3 aromatic carbocycles. The molecule has 0 saturated heterocycles. The number of aromatic nitrogens is 2. The Morgan fingerprint density at radius 2 is 1.29 bits per heavy atom. The topological polar surface area (TPSA) is 38.9 Å². The normalized spacial score (nSPS) is 11.5. The molecule has 0 radical (unpaired) electrons. The van der Waals surface area contributed by atoms with Crippen molar-refractivity contribution in [2.24, 2.45) is 0 Å². The molecule has 0 saturated carbocycles. The molecule has 0 fully saturated rings. The predicted octanol–water partition coefficient (Wildman–Crippen LogP) is 6.29. The van der Waals surface area contributed by atoms with Crippen molar-refractivity contribution in [3.8, 4) is 22.6 Å². The van der Waals surface area contributed by atoms with Gasteiger partial charge in [0.1, 0.15) is 0 Å². The summed E-state index contributed by atoms with van der Waals surface area (Å²) in [7, 11) is 0. The van der Waals surface area contributed by atoms with E-state index >= 15 is 0 Å². The van der Waals surface area contributed by atoms with E-state index in [1.54, 1.807) is 0 Å². The van der Waals surface area contributed by atoms with Crippen molar-refractivity contribution in [2.45, 2.75) is 32.6 Å². The highest BCUT2D eigenvalue weighted by Gasteiger charge is 2.15. The largest absolute Gasteiger partial charge is 0.420 e. The highest BCUT2D eigenvalue weighted by molar-refractivity contribution is 5.63. The van der Waals surface area contributed by atoms with Gasteiger partial charge in [0, 0.05) is 5.56 Å². The molecule has 0 N–H and O–H groups in total. The van der Waals surface area contributed by atoms with Crippen molar-refractivity contribution >= 4 is 0 Å². The second kappa shape index (κ2) is 7.43. The number of hydrogen-bond acceptors (Lipinski definition) is 3. The predicted molar refractivity (Wildman–Crippen MR) is 113 cm³/mol. The third-order valence-electron chi connectivity index (χ3n) is 4.88. The summed E-state index contributed by atoms with van der Waals surface area (Å²) in [6.07, 6.45) is 0.627. The van der Waals surface area contributed by atoms with Gasteiger partial charge < -0.3 is 4.42 Å². The maximum atomic E-state index is 5.89. The summed E-state index contributed by atoms with van der Waals surface area (Å²) in [6, 6.07) is 27.2. The number of rotatable bonds is 4. The molecule has 3 nitrogen and oxygen atoms in total. The Morgan fingerprint density at radius 3 is 1.93 bits per heavy atom. The van der Waals surface area contributed by atoms with Gasteiger partial charge in [-0.25, -0.2) is 0 Å². The zero-order valence-electron chi connectivity index (χ0n) is 16.5. The molecule has 28 heavy (non-hydrogen) atoms. The fourth-order valence-electron chi connectivity index (χ4n) is 3.17. The molecule has 4 rings (SSSR count). The monoisotopic (exact) mass is 368 g/mol. The molecule has 0 atom stereocenters. The second-order valence-corrected chi connectivity index (χ2v) is 8.07. The first-order valence-corrected chi connectivity index (χ1v) is 9.57. The fourth-order valence-corrected chi connectivity index (χ4v) is 3.17. The molecular weight excluding hydrogens is 344 g/mol. The van der Waals surface area contributed by atoms with Crippen molar-refractivity contribution in [1.82, 2.24) is 10.2 Å². The van der Waals surface area contributed by atoms with Crippen molar-refractivity contribution in [3.63, 3.8) is 0 Å². The number of benzene rings is 3. The van der Waals surface area contributed by atoms with Gasteiger partial charge in [0.15, 0.2) is 0 Å². The summed E-state index contributed by atoms with van der Waals surface area (Å²) >= 11 is 0. The second-order valence-electron chi connectivity index (χ2n) is 8.07. The molecule has 4 aromatic rings. The van der Waals surface area contributed by atoms with Crippen LogP contribution in [0.1, 0.15) is 37.8 Å². The Kier molecular flexibility index (Phi) is 4.82. The third kappa shape index (κ3) is 4.04. The fraction of sp³-hybridized carbons (Fsp3) is 0.200. The lowest BCUT2D eigenvalue weighted by Gasteiger charge is -2.18. The summed E-state index contributed by atoms with van der Waals surface area (Å²) in [5.74, 6) is 1.19. The van der Waals surface area contributed by atoms with Gasteiger partial charge in [-0.1, -0.05) is 87.5 Å². The minimum absolute atomic E-state index is 0.129. The summed E-state index contributed by atoms with van der Waals surface area (Å²) in [4.78, 5) is 0. The van der Waals surface area contributed by atoms with E-state index < -0.39 is 0 Å². The summed E-state index contributed by atoms with van der Waals surface area (Å²) in [5, 5.41) is 8.45. The SMILES string of the molecule is CC(C)(C)c1ccc(-c2nnc(Cc3ccc(-c4ccccc4)cc3)o2)cc1. The molecule has 0 aliphatic rings. The van der Waals surface area contributed by atoms with Gasteiger partial charge in [-0.3, -0.25) is 0 Å². The molecule has 1 aromatic heterocycles. The Balaban J connectivity index is 1.48. The van der Waals surface area contributed by atoms with Crippen LogP contribution in [-0.2, 0) is 11.8 Å². The molecule has 0 spiro atoms. The average molecular weight is 368 g/mol. The van der Waals surface area contributed by atoms with E-state index in [-0.39, 0.29) is 5.41 Å². The van der Waals surface area contributed by atoms with Crippen LogP contribution in [0.5, 0.6) is 0 Å². The van der Waals surface area contributed by atoms with Gasteiger partial charge in [0.2, 0.25) is 11.8 Å². The standard InChI is InChI=1S/C25H24N2O/c1-25(2,3)22-15-13-21(14-16-22)24-27-26-23(28-24)17-18-9-11-20(12-10-18)19-7-5-4-6-8-19/h4-16H,17H2,1-3H3. The molecular formula is C25H24N2O. The average Bonchev–Trinajstić information content (AvgIpc) is 3.17. The van der Waals surface area contributed by atoms with Crippen LogP contribution in [0.2, 0.25) is 0 Å². The first-order chi connectivity index (χ1) is 13.5. The molecule has 3 heteroatoms. The quantitative estimate of drug-likeness (QED) is 0.425. The Hall–Kier alpha value is -3.20. The van der Waals surface area contributed by atoms with E-state index in [0.717, 1.165) is 11.1 Å². The van der Waals surface area contributed by atoms with Crippen molar-refractivity contribution in [1.29, 1.82) is 0 Å². The Morgan fingerprint density at radius 1 is 0.679 bits per heavy atom. The molecule has 1 heterocycles. The van der Waals surface area contributed by atoms with E-state index in [1.165, 1.54) is 16.7 Å². The maximum absolute atomic E-state index is 5.89. The molecule has 0 aliphatic heterocycles. The van der Waals surface area contributed by atoms with E-state index in [9.17, 15) is 0 Å². The van der Waals surface area contributed by atoms with Crippen LogP contribution in [0.3, 0.4) is 0 Å². The van der Waals surface area contributed by atoms with Gasteiger partial charge in [-0.15, -0.1) is 10.2 Å². The van der Waals surface area contributed by atoms with Crippen LogP contribution in [0.25, 0.3) is 22.6 Å². The summed E-state index contributed by atoms with van der Waals surface area (Å²) in [6.45, 7) is 6.61. The summed E-state index contributed by atoms with van der Waals surface area (Å²) in [5.41, 5.74) is 5.94. The molecule has 0 bridgehead atoms. The van der Waals surface area contributed by atoms with Gasteiger partial charge in [0.25, 0.3) is 0 Å². The lowest BCUT2D eigenvalue weighted by molar-refractivity contribution is 0.518. The lowest BCUT2D eigenvalue weighted by atomic mass is 9.87. The number of nitrogens with zero attached hydrogens (tertiary/aromatic N) is 2. The zero-order chi connectivity index (χ0) is 19.6. The van der Waals surface area contributed by atoms with Crippen LogP contribution in [0.4, 0.5) is 0 Å². The van der Waals surface area contributed by atoms with Crippen LogP contribution in [0, 0.1) is 0 Å². The highest BCUT2D eigenvalue weighted by atomic mass is 16.4.